The zero-order valence-corrected chi connectivity index (χ0v) is 15.4. The molecule has 0 heterocycles. The SMILES string of the molecule is CC(C)N(CC(CO)(CO)CN(C(C)C)C(C)C)C(C)C. The third-order valence-electron chi connectivity index (χ3n) is 4.36. The molecule has 0 fully saturated rings. The Kier molecular flexibility index (Phi) is 9.02. The summed E-state index contributed by atoms with van der Waals surface area (Å²) in [6, 6.07) is 1.59. The van der Waals surface area contributed by atoms with Gasteiger partial charge in [-0.25, -0.2) is 0 Å². The lowest BCUT2D eigenvalue weighted by atomic mass is 9.86. The van der Waals surface area contributed by atoms with Crippen molar-refractivity contribution in [2.24, 2.45) is 5.41 Å². The van der Waals surface area contributed by atoms with Gasteiger partial charge in [0.15, 0.2) is 0 Å². The normalized spacial score (nSPS) is 13.7. The minimum atomic E-state index is -0.483. The van der Waals surface area contributed by atoms with Gasteiger partial charge in [-0.3, -0.25) is 9.80 Å². The average Bonchev–Trinajstić information content (AvgIpc) is 2.38. The Morgan fingerprint density at radius 3 is 1.00 bits per heavy atom. The summed E-state index contributed by atoms with van der Waals surface area (Å²) >= 11 is 0. The molecule has 0 aliphatic heterocycles. The highest BCUT2D eigenvalue weighted by Crippen LogP contribution is 2.24. The molecule has 0 aromatic heterocycles. The Balaban J connectivity index is 5.22. The van der Waals surface area contributed by atoms with Crippen molar-refractivity contribution in [1.82, 2.24) is 9.80 Å². The topological polar surface area (TPSA) is 46.9 Å². The van der Waals surface area contributed by atoms with Crippen LogP contribution in [0, 0.1) is 5.41 Å². The summed E-state index contributed by atoms with van der Waals surface area (Å²) in [4.78, 5) is 4.70. The van der Waals surface area contributed by atoms with Gasteiger partial charge in [0.1, 0.15) is 0 Å². The molecule has 0 amide bonds. The van der Waals surface area contributed by atoms with E-state index in [1.807, 2.05) is 0 Å². The first-order valence-corrected chi connectivity index (χ1v) is 8.33. The van der Waals surface area contributed by atoms with Gasteiger partial charge >= 0.3 is 0 Å². The number of hydrogen-bond acceptors (Lipinski definition) is 4. The van der Waals surface area contributed by atoms with Crippen molar-refractivity contribution in [3.05, 3.63) is 0 Å². The molecule has 4 heteroatoms. The minimum absolute atomic E-state index is 0.00931. The van der Waals surface area contributed by atoms with Gasteiger partial charge in [0, 0.05) is 42.7 Å². The molecule has 0 bridgehead atoms. The molecule has 0 spiro atoms. The fraction of sp³-hybridized carbons (Fsp3) is 1.00. The Morgan fingerprint density at radius 1 is 0.619 bits per heavy atom. The van der Waals surface area contributed by atoms with Gasteiger partial charge in [0.2, 0.25) is 0 Å². The van der Waals surface area contributed by atoms with Gasteiger partial charge in [0.05, 0.1) is 13.2 Å². The first-order valence-electron chi connectivity index (χ1n) is 8.33. The maximum absolute atomic E-state index is 9.99. The quantitative estimate of drug-likeness (QED) is 0.649. The predicted octanol–water partition coefficient (Wildman–Crippen LogP) is 2.19. The molecule has 0 aliphatic rings. The standard InChI is InChI=1S/C17H38N2O2/c1-13(2)18(14(3)4)9-17(11-20,12-21)10-19(15(5)6)16(7)8/h13-16,20-21H,9-12H2,1-8H3. The predicted molar refractivity (Wildman–Crippen MR) is 90.6 cm³/mol. The van der Waals surface area contributed by atoms with E-state index >= 15 is 0 Å². The van der Waals surface area contributed by atoms with Crippen LogP contribution in [0.25, 0.3) is 0 Å². The van der Waals surface area contributed by atoms with Crippen LogP contribution in [-0.2, 0) is 0 Å². The monoisotopic (exact) mass is 302 g/mol. The molecule has 0 aliphatic carbocycles. The Bertz CT molecular complexity index is 234. The van der Waals surface area contributed by atoms with Crippen molar-refractivity contribution in [2.75, 3.05) is 26.3 Å². The van der Waals surface area contributed by atoms with Crippen LogP contribution < -0.4 is 0 Å². The largest absolute Gasteiger partial charge is 0.396 e. The van der Waals surface area contributed by atoms with Crippen LogP contribution in [0.2, 0.25) is 0 Å². The number of aliphatic hydroxyl groups is 2. The summed E-state index contributed by atoms with van der Waals surface area (Å²) in [6.45, 7) is 18.8. The highest BCUT2D eigenvalue weighted by molar-refractivity contribution is 4.89. The smallest absolute Gasteiger partial charge is 0.0534 e. The number of aliphatic hydroxyl groups excluding tert-OH is 2. The fourth-order valence-electron chi connectivity index (χ4n) is 3.00. The van der Waals surface area contributed by atoms with E-state index in [9.17, 15) is 10.2 Å². The van der Waals surface area contributed by atoms with E-state index in [1.165, 1.54) is 0 Å². The average molecular weight is 303 g/mol. The first kappa shape index (κ1) is 20.8. The second kappa shape index (κ2) is 9.09. The van der Waals surface area contributed by atoms with E-state index in [0.29, 0.717) is 37.3 Å². The van der Waals surface area contributed by atoms with E-state index in [2.05, 4.69) is 65.2 Å². The van der Waals surface area contributed by atoms with Gasteiger partial charge in [0.25, 0.3) is 0 Å². The zero-order chi connectivity index (χ0) is 16.8. The number of hydrogen-bond donors (Lipinski definition) is 2. The maximum Gasteiger partial charge on any atom is 0.0534 e. The molecule has 4 nitrogen and oxygen atoms in total. The molecule has 0 atom stereocenters. The third-order valence-corrected chi connectivity index (χ3v) is 4.36. The van der Waals surface area contributed by atoms with Crippen LogP contribution in [0.1, 0.15) is 55.4 Å². The van der Waals surface area contributed by atoms with E-state index in [0.717, 1.165) is 0 Å². The lowest BCUT2D eigenvalue weighted by molar-refractivity contribution is -0.0320. The Labute approximate surface area is 132 Å². The van der Waals surface area contributed by atoms with E-state index in [4.69, 9.17) is 0 Å². The maximum atomic E-state index is 9.99. The molecule has 0 rings (SSSR count). The third kappa shape index (κ3) is 6.23. The first-order chi connectivity index (χ1) is 9.60. The van der Waals surface area contributed by atoms with Crippen LogP contribution in [0.15, 0.2) is 0 Å². The van der Waals surface area contributed by atoms with E-state index in [1.54, 1.807) is 0 Å². The van der Waals surface area contributed by atoms with E-state index in [-0.39, 0.29) is 13.2 Å². The minimum Gasteiger partial charge on any atom is -0.396 e. The molecule has 0 aromatic rings. The molecule has 0 unspecified atom stereocenters. The summed E-state index contributed by atoms with van der Waals surface area (Å²) in [7, 11) is 0. The van der Waals surface area contributed by atoms with E-state index < -0.39 is 5.41 Å². The Morgan fingerprint density at radius 2 is 0.857 bits per heavy atom. The van der Waals surface area contributed by atoms with Gasteiger partial charge in [-0.15, -0.1) is 0 Å². The van der Waals surface area contributed by atoms with Crippen molar-refractivity contribution < 1.29 is 10.2 Å². The Hall–Kier alpha value is -0.160. The summed E-state index contributed by atoms with van der Waals surface area (Å²) < 4.78 is 0. The fourth-order valence-corrected chi connectivity index (χ4v) is 3.00. The highest BCUT2D eigenvalue weighted by atomic mass is 16.3. The van der Waals surface area contributed by atoms with Crippen molar-refractivity contribution in [3.8, 4) is 0 Å². The summed E-state index contributed by atoms with van der Waals surface area (Å²) in [5.74, 6) is 0. The lowest BCUT2D eigenvalue weighted by Crippen LogP contribution is -2.55. The molecule has 0 radical (unpaired) electrons. The summed E-state index contributed by atoms with van der Waals surface area (Å²) in [5.41, 5.74) is -0.483. The molecule has 0 aromatic carbocycles. The molecule has 0 saturated carbocycles. The van der Waals surface area contributed by atoms with Crippen LogP contribution >= 0.6 is 0 Å². The van der Waals surface area contributed by atoms with Crippen LogP contribution in [-0.4, -0.2) is 70.5 Å². The lowest BCUT2D eigenvalue weighted by Gasteiger charge is -2.44. The van der Waals surface area contributed by atoms with Gasteiger partial charge in [-0.05, 0) is 55.4 Å². The molecule has 2 N–H and O–H groups in total. The van der Waals surface area contributed by atoms with Gasteiger partial charge in [-0.1, -0.05) is 0 Å². The summed E-state index contributed by atoms with van der Waals surface area (Å²) in [5, 5.41) is 20.0. The van der Waals surface area contributed by atoms with Crippen LogP contribution in [0.3, 0.4) is 0 Å². The number of rotatable bonds is 10. The molecule has 21 heavy (non-hydrogen) atoms. The van der Waals surface area contributed by atoms with Crippen molar-refractivity contribution in [3.63, 3.8) is 0 Å². The molecular weight excluding hydrogens is 264 g/mol. The molecule has 0 saturated heterocycles. The van der Waals surface area contributed by atoms with Crippen molar-refractivity contribution in [2.45, 2.75) is 79.6 Å². The second-order valence-corrected chi connectivity index (χ2v) is 7.54. The van der Waals surface area contributed by atoms with Crippen LogP contribution in [0.5, 0.6) is 0 Å². The van der Waals surface area contributed by atoms with Gasteiger partial charge in [-0.2, -0.15) is 0 Å². The van der Waals surface area contributed by atoms with Crippen LogP contribution in [0.4, 0.5) is 0 Å². The van der Waals surface area contributed by atoms with Crippen molar-refractivity contribution in [1.29, 1.82) is 0 Å². The zero-order valence-electron chi connectivity index (χ0n) is 15.4. The van der Waals surface area contributed by atoms with Crippen molar-refractivity contribution >= 4 is 0 Å². The molecular formula is C17H38N2O2. The second-order valence-electron chi connectivity index (χ2n) is 7.54. The number of nitrogens with zero attached hydrogens (tertiary/aromatic N) is 2. The summed E-state index contributed by atoms with van der Waals surface area (Å²) in [6.07, 6.45) is 0. The van der Waals surface area contributed by atoms with Gasteiger partial charge < -0.3 is 10.2 Å². The molecule has 128 valence electrons. The highest BCUT2D eigenvalue weighted by Gasteiger charge is 2.36.